The minimum atomic E-state index is 0.775. The van der Waals surface area contributed by atoms with Gasteiger partial charge in [0.2, 0.25) is 0 Å². The fourth-order valence-corrected chi connectivity index (χ4v) is 2.52. The average Bonchev–Trinajstić information content (AvgIpc) is 2.18. The van der Waals surface area contributed by atoms with E-state index in [-0.39, 0.29) is 0 Å². The normalized spacial score (nSPS) is 26.0. The molecule has 1 rings (SSSR count). The summed E-state index contributed by atoms with van der Waals surface area (Å²) in [5.41, 5.74) is 0. The molecule has 15 heavy (non-hydrogen) atoms. The van der Waals surface area contributed by atoms with Gasteiger partial charge in [0.05, 0.1) is 0 Å². The Hall–Kier alpha value is -0.0800. The fraction of sp³-hybridized carbons (Fsp3) is 1.00. The number of nitrogens with zero attached hydrogens (tertiary/aromatic N) is 1. The molecule has 90 valence electrons. The Bertz CT molecular complexity index is 164. The van der Waals surface area contributed by atoms with Crippen LogP contribution in [0.4, 0.5) is 0 Å². The molecular weight excluding hydrogens is 184 g/mol. The molecule has 1 saturated carbocycles. The van der Waals surface area contributed by atoms with E-state index in [2.05, 4.69) is 37.9 Å². The third kappa shape index (κ3) is 3.76. The molecule has 2 heteroatoms. The second kappa shape index (κ2) is 6.49. The molecular formula is C13H28N2. The summed E-state index contributed by atoms with van der Waals surface area (Å²) in [5, 5.41) is 3.59. The lowest BCUT2D eigenvalue weighted by Gasteiger charge is -2.44. The molecule has 2 unspecified atom stereocenters. The molecule has 2 nitrogen and oxygen atoms in total. The van der Waals surface area contributed by atoms with E-state index in [9.17, 15) is 0 Å². The third-order valence-electron chi connectivity index (χ3n) is 3.62. The Balaban J connectivity index is 2.19. The van der Waals surface area contributed by atoms with Gasteiger partial charge in [-0.25, -0.2) is 0 Å². The summed E-state index contributed by atoms with van der Waals surface area (Å²) in [6.07, 6.45) is 2.84. The zero-order chi connectivity index (χ0) is 11.3. The summed E-state index contributed by atoms with van der Waals surface area (Å²) >= 11 is 0. The molecule has 0 aliphatic heterocycles. The van der Waals surface area contributed by atoms with Gasteiger partial charge in [-0.2, -0.15) is 0 Å². The fourth-order valence-electron chi connectivity index (χ4n) is 2.52. The van der Waals surface area contributed by atoms with Crippen molar-refractivity contribution < 1.29 is 0 Å². The van der Waals surface area contributed by atoms with Crippen molar-refractivity contribution >= 4 is 0 Å². The predicted octanol–water partition coefficient (Wildman–Crippen LogP) is 2.35. The van der Waals surface area contributed by atoms with Crippen LogP contribution >= 0.6 is 0 Å². The highest BCUT2D eigenvalue weighted by molar-refractivity contribution is 4.89. The van der Waals surface area contributed by atoms with E-state index in [0.29, 0.717) is 0 Å². The van der Waals surface area contributed by atoms with Gasteiger partial charge in [-0.3, -0.25) is 0 Å². The molecule has 0 spiro atoms. The lowest BCUT2D eigenvalue weighted by Crippen LogP contribution is -2.50. The summed E-state index contributed by atoms with van der Waals surface area (Å²) in [5.74, 6) is 1.68. The van der Waals surface area contributed by atoms with Crippen LogP contribution in [0.2, 0.25) is 0 Å². The van der Waals surface area contributed by atoms with Crippen molar-refractivity contribution in [1.82, 2.24) is 10.2 Å². The van der Waals surface area contributed by atoms with Gasteiger partial charge >= 0.3 is 0 Å². The smallest absolute Gasteiger partial charge is 0.0135 e. The van der Waals surface area contributed by atoms with Gasteiger partial charge < -0.3 is 10.2 Å². The van der Waals surface area contributed by atoms with Crippen LogP contribution in [0.3, 0.4) is 0 Å². The quantitative estimate of drug-likeness (QED) is 0.697. The lowest BCUT2D eigenvalue weighted by molar-refractivity contribution is 0.0702. The molecule has 1 N–H and O–H groups in total. The van der Waals surface area contributed by atoms with Gasteiger partial charge in [-0.05, 0) is 50.9 Å². The van der Waals surface area contributed by atoms with Crippen LogP contribution in [-0.4, -0.2) is 37.1 Å². The van der Waals surface area contributed by atoms with Gasteiger partial charge in [0.15, 0.2) is 0 Å². The van der Waals surface area contributed by atoms with Crippen molar-refractivity contribution in [2.24, 2.45) is 11.8 Å². The van der Waals surface area contributed by atoms with Crippen LogP contribution in [0.15, 0.2) is 0 Å². The van der Waals surface area contributed by atoms with E-state index in [0.717, 1.165) is 17.9 Å². The number of nitrogens with one attached hydrogen (secondary N) is 1. The first kappa shape index (κ1) is 13.0. The van der Waals surface area contributed by atoms with Crippen LogP contribution in [0, 0.1) is 11.8 Å². The maximum atomic E-state index is 3.59. The summed E-state index contributed by atoms with van der Waals surface area (Å²) in [7, 11) is 0. The number of hydrogen-bond donors (Lipinski definition) is 1. The Morgan fingerprint density at radius 1 is 1.20 bits per heavy atom. The molecule has 0 saturated heterocycles. The Morgan fingerprint density at radius 2 is 1.87 bits per heavy atom. The highest BCUT2D eigenvalue weighted by Gasteiger charge is 2.33. The molecule has 1 fully saturated rings. The van der Waals surface area contributed by atoms with Crippen LogP contribution in [0.25, 0.3) is 0 Å². The van der Waals surface area contributed by atoms with Crippen LogP contribution in [0.1, 0.15) is 40.5 Å². The minimum absolute atomic E-state index is 0.775. The molecule has 0 aromatic carbocycles. The maximum absolute atomic E-state index is 3.59. The van der Waals surface area contributed by atoms with E-state index in [4.69, 9.17) is 0 Å². The summed E-state index contributed by atoms with van der Waals surface area (Å²) < 4.78 is 0. The monoisotopic (exact) mass is 212 g/mol. The molecule has 0 aromatic heterocycles. The van der Waals surface area contributed by atoms with Crippen molar-refractivity contribution in [3.05, 3.63) is 0 Å². The Kier molecular flexibility index (Phi) is 5.62. The van der Waals surface area contributed by atoms with E-state index < -0.39 is 0 Å². The number of hydrogen-bond acceptors (Lipinski definition) is 2. The van der Waals surface area contributed by atoms with Crippen LogP contribution in [-0.2, 0) is 0 Å². The SMILES string of the molecule is CCN(CC)C1CCC1CNCC(C)C. The Labute approximate surface area is 95.4 Å². The first-order valence-corrected chi connectivity index (χ1v) is 6.63. The van der Waals surface area contributed by atoms with Crippen molar-refractivity contribution in [3.8, 4) is 0 Å². The highest BCUT2D eigenvalue weighted by Crippen LogP contribution is 2.31. The first-order chi connectivity index (χ1) is 7.19. The molecule has 0 bridgehead atoms. The van der Waals surface area contributed by atoms with Crippen molar-refractivity contribution in [2.75, 3.05) is 26.2 Å². The molecule has 1 aliphatic carbocycles. The topological polar surface area (TPSA) is 15.3 Å². The third-order valence-corrected chi connectivity index (χ3v) is 3.62. The molecule has 0 amide bonds. The molecule has 2 atom stereocenters. The largest absolute Gasteiger partial charge is 0.316 e. The van der Waals surface area contributed by atoms with Crippen LogP contribution in [0.5, 0.6) is 0 Å². The molecule has 1 aliphatic rings. The molecule has 0 heterocycles. The second-order valence-corrected chi connectivity index (χ2v) is 5.18. The number of rotatable bonds is 7. The Morgan fingerprint density at radius 3 is 2.27 bits per heavy atom. The van der Waals surface area contributed by atoms with E-state index >= 15 is 0 Å². The second-order valence-electron chi connectivity index (χ2n) is 5.18. The molecule has 0 aromatic rings. The van der Waals surface area contributed by atoms with E-state index in [1.807, 2.05) is 0 Å². The first-order valence-electron chi connectivity index (χ1n) is 6.63. The summed E-state index contributed by atoms with van der Waals surface area (Å²) in [4.78, 5) is 2.62. The average molecular weight is 212 g/mol. The van der Waals surface area contributed by atoms with Gasteiger partial charge in [-0.15, -0.1) is 0 Å². The molecule has 0 radical (unpaired) electrons. The summed E-state index contributed by atoms with van der Waals surface area (Å²) in [6.45, 7) is 13.9. The van der Waals surface area contributed by atoms with Crippen LogP contribution < -0.4 is 5.32 Å². The van der Waals surface area contributed by atoms with Crippen molar-refractivity contribution in [3.63, 3.8) is 0 Å². The van der Waals surface area contributed by atoms with E-state index in [1.54, 1.807) is 0 Å². The predicted molar refractivity (Wildman–Crippen MR) is 67.1 cm³/mol. The van der Waals surface area contributed by atoms with Crippen molar-refractivity contribution in [1.29, 1.82) is 0 Å². The van der Waals surface area contributed by atoms with Crippen molar-refractivity contribution in [2.45, 2.75) is 46.6 Å². The van der Waals surface area contributed by atoms with Gasteiger partial charge in [0.25, 0.3) is 0 Å². The van der Waals surface area contributed by atoms with E-state index in [1.165, 1.54) is 39.0 Å². The van der Waals surface area contributed by atoms with Gasteiger partial charge in [0, 0.05) is 6.04 Å². The van der Waals surface area contributed by atoms with Gasteiger partial charge in [0.1, 0.15) is 0 Å². The highest BCUT2D eigenvalue weighted by atomic mass is 15.2. The standard InChI is InChI=1S/C13H28N2/c1-5-15(6-2)13-8-7-12(13)10-14-9-11(3)4/h11-14H,5-10H2,1-4H3. The zero-order valence-electron chi connectivity index (χ0n) is 10.9. The minimum Gasteiger partial charge on any atom is -0.316 e. The maximum Gasteiger partial charge on any atom is 0.0135 e. The summed E-state index contributed by atoms with van der Waals surface area (Å²) in [6, 6.07) is 0.861. The lowest BCUT2D eigenvalue weighted by atomic mass is 9.78. The van der Waals surface area contributed by atoms with Gasteiger partial charge in [-0.1, -0.05) is 27.7 Å². The zero-order valence-corrected chi connectivity index (χ0v) is 10.9.